The molecular formula is C5H6F4O3. The second-order valence-corrected chi connectivity index (χ2v) is 1.89. The molecule has 0 aromatic rings. The maximum Gasteiger partial charge on any atom is 0.495 e. The lowest BCUT2D eigenvalue weighted by Crippen LogP contribution is -2.43. The third-order valence-electron chi connectivity index (χ3n) is 0.881. The first-order valence-electron chi connectivity index (χ1n) is 2.90. The first-order valence-corrected chi connectivity index (χ1v) is 2.90. The van der Waals surface area contributed by atoms with E-state index in [-0.39, 0.29) is 0 Å². The number of hydrogen-bond donors (Lipinski definition) is 1. The van der Waals surface area contributed by atoms with Crippen molar-refractivity contribution in [2.24, 2.45) is 0 Å². The van der Waals surface area contributed by atoms with E-state index < -0.39 is 24.6 Å². The number of hydrogen-bond acceptors (Lipinski definition) is 3. The lowest BCUT2D eigenvalue weighted by atomic mass is 10.5. The summed E-state index contributed by atoms with van der Waals surface area (Å²) in [4.78, 5) is 10.1. The molecule has 0 heterocycles. The van der Waals surface area contributed by atoms with Crippen LogP contribution in [0.2, 0.25) is 0 Å². The van der Waals surface area contributed by atoms with E-state index in [9.17, 15) is 22.4 Å². The molecule has 72 valence electrons. The zero-order valence-electron chi connectivity index (χ0n) is 5.98. The van der Waals surface area contributed by atoms with Gasteiger partial charge in [-0.1, -0.05) is 6.92 Å². The monoisotopic (exact) mass is 190 g/mol. The van der Waals surface area contributed by atoms with Gasteiger partial charge in [-0.3, -0.25) is 4.79 Å². The first-order chi connectivity index (χ1) is 5.20. The standard InChI is InChI=1S/C5H6F4O3/c1-2-3(10)12-5(8,9)4(6,7)11/h11H,2H2,1H3. The number of halogens is 4. The molecule has 0 aliphatic rings. The summed E-state index contributed by atoms with van der Waals surface area (Å²) < 4.78 is 49.9. The van der Waals surface area contributed by atoms with Gasteiger partial charge in [0.25, 0.3) is 0 Å². The maximum absolute atomic E-state index is 11.9. The summed E-state index contributed by atoms with van der Waals surface area (Å²) in [5, 5.41) is 7.53. The smallest absolute Gasteiger partial charge is 0.394 e. The van der Waals surface area contributed by atoms with Crippen molar-refractivity contribution in [3.8, 4) is 0 Å². The van der Waals surface area contributed by atoms with E-state index in [1.54, 1.807) is 0 Å². The average molecular weight is 190 g/mol. The van der Waals surface area contributed by atoms with Crippen molar-refractivity contribution in [2.45, 2.75) is 25.6 Å². The summed E-state index contributed by atoms with van der Waals surface area (Å²) in [7, 11) is 0. The number of ether oxygens (including phenoxy) is 1. The van der Waals surface area contributed by atoms with E-state index >= 15 is 0 Å². The van der Waals surface area contributed by atoms with Crippen molar-refractivity contribution in [1.82, 2.24) is 0 Å². The Morgan fingerprint density at radius 3 is 2.08 bits per heavy atom. The fraction of sp³-hybridized carbons (Fsp3) is 0.800. The summed E-state index contributed by atoms with van der Waals surface area (Å²) in [6, 6.07) is 0. The van der Waals surface area contributed by atoms with Crippen LogP contribution in [-0.4, -0.2) is 23.3 Å². The summed E-state index contributed by atoms with van der Waals surface area (Å²) in [5.74, 6) is -1.52. The zero-order chi connectivity index (χ0) is 9.99. The average Bonchev–Trinajstić information content (AvgIpc) is 1.84. The molecule has 0 rings (SSSR count). The van der Waals surface area contributed by atoms with Gasteiger partial charge in [0.1, 0.15) is 0 Å². The van der Waals surface area contributed by atoms with E-state index in [0.717, 1.165) is 6.92 Å². The van der Waals surface area contributed by atoms with Gasteiger partial charge in [0.15, 0.2) is 0 Å². The summed E-state index contributed by atoms with van der Waals surface area (Å²) >= 11 is 0. The van der Waals surface area contributed by atoms with Crippen LogP contribution in [0, 0.1) is 0 Å². The maximum atomic E-state index is 11.9. The molecule has 0 unspecified atom stereocenters. The van der Waals surface area contributed by atoms with Crippen molar-refractivity contribution in [1.29, 1.82) is 0 Å². The molecule has 0 fully saturated rings. The molecule has 0 spiro atoms. The molecule has 0 atom stereocenters. The normalized spacial score (nSPS) is 12.8. The van der Waals surface area contributed by atoms with Gasteiger partial charge in [0.2, 0.25) is 0 Å². The van der Waals surface area contributed by atoms with Crippen LogP contribution in [0.15, 0.2) is 0 Å². The number of carbonyl (C=O) groups is 1. The predicted molar refractivity (Wildman–Crippen MR) is 28.5 cm³/mol. The van der Waals surface area contributed by atoms with Crippen LogP contribution in [0.1, 0.15) is 13.3 Å². The lowest BCUT2D eigenvalue weighted by molar-refractivity contribution is -0.404. The van der Waals surface area contributed by atoms with E-state index in [1.165, 1.54) is 0 Å². The van der Waals surface area contributed by atoms with Gasteiger partial charge in [-0.05, 0) is 0 Å². The largest absolute Gasteiger partial charge is 0.495 e. The van der Waals surface area contributed by atoms with Gasteiger partial charge < -0.3 is 9.84 Å². The third-order valence-corrected chi connectivity index (χ3v) is 0.881. The van der Waals surface area contributed by atoms with E-state index in [1.807, 2.05) is 0 Å². The molecule has 0 aromatic carbocycles. The van der Waals surface area contributed by atoms with Crippen LogP contribution < -0.4 is 0 Å². The molecule has 7 heteroatoms. The van der Waals surface area contributed by atoms with E-state index in [0.29, 0.717) is 0 Å². The molecule has 0 aromatic heterocycles. The second kappa shape index (κ2) is 3.26. The molecule has 0 aliphatic heterocycles. The molecular weight excluding hydrogens is 184 g/mol. The Balaban J connectivity index is 4.33. The van der Waals surface area contributed by atoms with Crippen LogP contribution >= 0.6 is 0 Å². The topological polar surface area (TPSA) is 46.5 Å². The highest BCUT2D eigenvalue weighted by Gasteiger charge is 2.59. The van der Waals surface area contributed by atoms with Crippen molar-refractivity contribution in [3.63, 3.8) is 0 Å². The Kier molecular flexibility index (Phi) is 3.03. The first kappa shape index (κ1) is 11.2. The SMILES string of the molecule is CCC(=O)OC(F)(F)C(O)(F)F. The van der Waals surface area contributed by atoms with Crippen LogP contribution in [0.3, 0.4) is 0 Å². The predicted octanol–water partition coefficient (Wildman–Crippen LogP) is 1.12. The Morgan fingerprint density at radius 2 is 1.83 bits per heavy atom. The molecule has 0 amide bonds. The fourth-order valence-corrected chi connectivity index (χ4v) is 0.277. The minimum atomic E-state index is -5.35. The quantitative estimate of drug-likeness (QED) is 0.535. The van der Waals surface area contributed by atoms with Crippen LogP contribution in [0.5, 0.6) is 0 Å². The number of carbonyl (C=O) groups excluding carboxylic acids is 1. The highest BCUT2D eigenvalue weighted by atomic mass is 19.3. The van der Waals surface area contributed by atoms with Crippen LogP contribution in [0.4, 0.5) is 17.6 Å². The van der Waals surface area contributed by atoms with Crippen LogP contribution in [0.25, 0.3) is 0 Å². The van der Waals surface area contributed by atoms with Crippen molar-refractivity contribution in [3.05, 3.63) is 0 Å². The number of alkyl halides is 4. The Labute approximate surface area is 64.9 Å². The highest BCUT2D eigenvalue weighted by Crippen LogP contribution is 2.32. The minimum Gasteiger partial charge on any atom is -0.394 e. The van der Waals surface area contributed by atoms with Gasteiger partial charge in [0.05, 0.1) is 0 Å². The second-order valence-electron chi connectivity index (χ2n) is 1.89. The van der Waals surface area contributed by atoms with Gasteiger partial charge >= 0.3 is 18.2 Å². The summed E-state index contributed by atoms with van der Waals surface area (Å²) in [6.07, 6.45) is -11.0. The zero-order valence-corrected chi connectivity index (χ0v) is 5.98. The van der Waals surface area contributed by atoms with E-state index in [4.69, 9.17) is 5.11 Å². The van der Waals surface area contributed by atoms with Gasteiger partial charge in [-0.2, -0.15) is 17.6 Å². The van der Waals surface area contributed by atoms with Crippen molar-refractivity contribution < 1.29 is 32.2 Å². The molecule has 0 aliphatic carbocycles. The van der Waals surface area contributed by atoms with Gasteiger partial charge in [-0.25, -0.2) is 0 Å². The van der Waals surface area contributed by atoms with E-state index in [2.05, 4.69) is 4.74 Å². The lowest BCUT2D eigenvalue weighted by Gasteiger charge is -2.19. The summed E-state index contributed by atoms with van der Waals surface area (Å²) in [6.45, 7) is 1.15. The Morgan fingerprint density at radius 1 is 1.42 bits per heavy atom. The summed E-state index contributed by atoms with van der Waals surface area (Å²) in [5.41, 5.74) is 0. The number of rotatable bonds is 3. The highest BCUT2D eigenvalue weighted by molar-refractivity contribution is 5.69. The van der Waals surface area contributed by atoms with Crippen molar-refractivity contribution in [2.75, 3.05) is 0 Å². The van der Waals surface area contributed by atoms with Crippen molar-refractivity contribution >= 4 is 5.97 Å². The number of aliphatic hydroxyl groups is 1. The number of esters is 1. The molecule has 3 nitrogen and oxygen atoms in total. The van der Waals surface area contributed by atoms with Gasteiger partial charge in [-0.15, -0.1) is 0 Å². The fourth-order valence-electron chi connectivity index (χ4n) is 0.277. The van der Waals surface area contributed by atoms with Crippen LogP contribution in [-0.2, 0) is 9.53 Å². The Hall–Kier alpha value is -0.850. The van der Waals surface area contributed by atoms with Gasteiger partial charge in [0, 0.05) is 6.42 Å². The molecule has 0 saturated carbocycles. The minimum absolute atomic E-state index is 0.480. The molecule has 0 bridgehead atoms. The molecule has 12 heavy (non-hydrogen) atoms. The molecule has 0 radical (unpaired) electrons. The molecule has 1 N–H and O–H groups in total. The third kappa shape index (κ3) is 2.65. The Bertz CT molecular complexity index is 174. The molecule has 0 saturated heterocycles.